The Morgan fingerprint density at radius 3 is 2.13 bits per heavy atom. The molecule has 0 saturated heterocycles. The second-order valence-electron chi connectivity index (χ2n) is 7.51. The van der Waals surface area contributed by atoms with Crippen molar-refractivity contribution in [2.75, 3.05) is 0 Å². The fourth-order valence-corrected chi connectivity index (χ4v) is 6.72. The SMILES string of the molecule is C[C@H]([As]CC(C#N)c1ccc(Cl)cc1)[C@@H](Cc1ccc(Cl)cc1)c1cccc(C#N)c1. The number of nitrogens with zero attached hydrogens (tertiary/aromatic N) is 2. The standard InChI is InChI=1S/C26H22AsCl2N2/c1-18(27-15-23(17-31)21-7-11-25(29)12-8-21)26(14-19-5-9-24(28)10-6-19)22-4-2-3-20(13-22)16-30/h2-13,18,23,26H,14-15H2,1H3/t18-,23?,26+/m0/s1. The summed E-state index contributed by atoms with van der Waals surface area (Å²) < 4.78 is 0.420. The molecule has 0 aliphatic heterocycles. The summed E-state index contributed by atoms with van der Waals surface area (Å²) in [5.74, 6) is 0.153. The Hall–Kier alpha value is -2.22. The average Bonchev–Trinajstić information content (AvgIpc) is 2.80. The van der Waals surface area contributed by atoms with Gasteiger partial charge in [0.15, 0.2) is 0 Å². The molecule has 3 rings (SSSR count). The minimum absolute atomic E-state index is 0.0955. The quantitative estimate of drug-likeness (QED) is 0.297. The summed E-state index contributed by atoms with van der Waals surface area (Å²) >= 11 is 12.0. The van der Waals surface area contributed by atoms with Gasteiger partial charge < -0.3 is 0 Å². The molecular weight excluding hydrogens is 486 g/mol. The van der Waals surface area contributed by atoms with Crippen LogP contribution < -0.4 is 0 Å². The maximum atomic E-state index is 9.73. The molecule has 0 fully saturated rings. The van der Waals surface area contributed by atoms with Gasteiger partial charge in [0.05, 0.1) is 0 Å². The first-order chi connectivity index (χ1) is 15.0. The second-order valence-corrected chi connectivity index (χ2v) is 11.6. The van der Waals surface area contributed by atoms with Crippen molar-refractivity contribution in [3.63, 3.8) is 0 Å². The van der Waals surface area contributed by atoms with Crippen LogP contribution in [0.1, 0.15) is 41.0 Å². The molecule has 0 aromatic heterocycles. The first kappa shape index (κ1) is 23.4. The minimum atomic E-state index is -0.124. The zero-order valence-corrected chi connectivity index (χ0v) is 20.6. The number of hydrogen-bond acceptors (Lipinski definition) is 2. The Kier molecular flexibility index (Phi) is 8.63. The van der Waals surface area contributed by atoms with Crippen LogP contribution in [0.3, 0.4) is 0 Å². The summed E-state index contributed by atoms with van der Waals surface area (Å²) in [6.07, 6.45) is 0.876. The third-order valence-electron chi connectivity index (χ3n) is 5.40. The Morgan fingerprint density at radius 1 is 0.871 bits per heavy atom. The predicted molar refractivity (Wildman–Crippen MR) is 129 cm³/mol. The van der Waals surface area contributed by atoms with Crippen molar-refractivity contribution >= 4 is 39.0 Å². The fourth-order valence-electron chi connectivity index (χ4n) is 3.59. The van der Waals surface area contributed by atoms with Crippen molar-refractivity contribution in [2.24, 2.45) is 0 Å². The number of halogens is 2. The van der Waals surface area contributed by atoms with Crippen molar-refractivity contribution in [3.8, 4) is 12.1 Å². The Morgan fingerprint density at radius 2 is 1.52 bits per heavy atom. The van der Waals surface area contributed by atoms with Crippen molar-refractivity contribution in [1.82, 2.24) is 0 Å². The summed E-state index contributed by atoms with van der Waals surface area (Å²) in [7, 11) is 0. The molecule has 1 unspecified atom stereocenters. The van der Waals surface area contributed by atoms with E-state index in [4.69, 9.17) is 23.2 Å². The van der Waals surface area contributed by atoms with E-state index in [9.17, 15) is 10.5 Å². The van der Waals surface area contributed by atoms with Gasteiger partial charge in [-0.1, -0.05) is 0 Å². The summed E-state index contributed by atoms with van der Waals surface area (Å²) in [4.78, 5) is 0. The first-order valence-electron chi connectivity index (χ1n) is 10.1. The van der Waals surface area contributed by atoms with Crippen molar-refractivity contribution in [2.45, 2.75) is 35.1 Å². The van der Waals surface area contributed by atoms with E-state index >= 15 is 0 Å². The van der Waals surface area contributed by atoms with Crippen LogP contribution in [0.15, 0.2) is 72.8 Å². The van der Waals surface area contributed by atoms with Gasteiger partial charge in [0.25, 0.3) is 0 Å². The van der Waals surface area contributed by atoms with Gasteiger partial charge in [-0.05, 0) is 0 Å². The summed E-state index contributed by atoms with van der Waals surface area (Å²) in [5, 5.41) is 21.4. The van der Waals surface area contributed by atoms with E-state index in [-0.39, 0.29) is 27.6 Å². The van der Waals surface area contributed by atoms with Crippen LogP contribution in [-0.4, -0.2) is 15.8 Å². The normalized spacial score (nSPS) is 14.0. The van der Waals surface area contributed by atoms with Gasteiger partial charge in [-0.2, -0.15) is 0 Å². The van der Waals surface area contributed by atoms with Crippen LogP contribution in [0, 0.1) is 22.7 Å². The molecule has 5 heteroatoms. The topological polar surface area (TPSA) is 47.6 Å². The molecule has 1 radical (unpaired) electrons. The molecule has 31 heavy (non-hydrogen) atoms. The zero-order valence-electron chi connectivity index (χ0n) is 17.2. The zero-order chi connectivity index (χ0) is 22.2. The molecule has 3 aromatic rings. The molecular formula is C26H22AsCl2N2. The molecule has 155 valence electrons. The summed E-state index contributed by atoms with van der Waals surface area (Å²) in [6, 6.07) is 28.2. The molecule has 2 nitrogen and oxygen atoms in total. The van der Waals surface area contributed by atoms with Crippen molar-refractivity contribution < 1.29 is 0 Å². The van der Waals surface area contributed by atoms with Crippen LogP contribution in [0.4, 0.5) is 0 Å². The number of rotatable bonds is 8. The first-order valence-corrected chi connectivity index (χ1v) is 13.2. The van der Waals surface area contributed by atoms with E-state index in [2.05, 4.69) is 37.3 Å². The van der Waals surface area contributed by atoms with Gasteiger partial charge in [0, 0.05) is 0 Å². The third kappa shape index (κ3) is 6.63. The predicted octanol–water partition coefficient (Wildman–Crippen LogP) is 7.43. The van der Waals surface area contributed by atoms with E-state index in [1.807, 2.05) is 54.6 Å². The van der Waals surface area contributed by atoms with Crippen LogP contribution in [0.25, 0.3) is 0 Å². The van der Waals surface area contributed by atoms with Crippen LogP contribution in [0.2, 0.25) is 20.0 Å². The Balaban J connectivity index is 1.80. The van der Waals surface area contributed by atoms with Gasteiger partial charge >= 0.3 is 202 Å². The molecule has 3 aromatic carbocycles. The Bertz CT molecular complexity index is 1080. The molecule has 0 amide bonds. The van der Waals surface area contributed by atoms with Gasteiger partial charge in [-0.25, -0.2) is 0 Å². The van der Waals surface area contributed by atoms with E-state index in [1.54, 1.807) is 0 Å². The molecule has 0 heterocycles. The molecule has 3 atom stereocenters. The van der Waals surface area contributed by atoms with E-state index < -0.39 is 0 Å². The molecule has 0 aliphatic carbocycles. The molecule has 0 bridgehead atoms. The van der Waals surface area contributed by atoms with Crippen molar-refractivity contribution in [1.29, 1.82) is 10.5 Å². The molecule has 0 saturated carbocycles. The Labute approximate surface area is 201 Å². The van der Waals surface area contributed by atoms with Crippen molar-refractivity contribution in [3.05, 3.63) is 105 Å². The van der Waals surface area contributed by atoms with Gasteiger partial charge in [-0.3, -0.25) is 0 Å². The summed E-state index contributed by atoms with van der Waals surface area (Å²) in [5.41, 5.74) is 4.10. The molecule has 0 spiro atoms. The van der Waals surface area contributed by atoms with Crippen LogP contribution in [-0.2, 0) is 6.42 Å². The molecule has 0 N–H and O–H groups in total. The number of benzene rings is 3. The maximum absolute atomic E-state index is 9.73. The third-order valence-corrected chi connectivity index (χ3v) is 9.08. The van der Waals surface area contributed by atoms with Crippen LogP contribution >= 0.6 is 23.2 Å². The number of hydrogen-bond donors (Lipinski definition) is 0. The van der Waals surface area contributed by atoms with E-state index in [0.717, 1.165) is 22.2 Å². The fraction of sp³-hybridized carbons (Fsp3) is 0.231. The van der Waals surface area contributed by atoms with E-state index in [1.165, 1.54) is 11.1 Å². The average molecular weight is 508 g/mol. The van der Waals surface area contributed by atoms with Gasteiger partial charge in [-0.15, -0.1) is 0 Å². The number of nitriles is 2. The van der Waals surface area contributed by atoms with Crippen LogP contribution in [0.5, 0.6) is 0 Å². The molecule has 0 aliphatic rings. The van der Waals surface area contributed by atoms with E-state index in [0.29, 0.717) is 15.3 Å². The van der Waals surface area contributed by atoms with Gasteiger partial charge in [0.1, 0.15) is 0 Å². The summed E-state index contributed by atoms with van der Waals surface area (Å²) in [6.45, 7) is 2.27. The monoisotopic (exact) mass is 507 g/mol. The van der Waals surface area contributed by atoms with Gasteiger partial charge in [0.2, 0.25) is 0 Å². The second kappa shape index (κ2) is 11.4.